The Labute approximate surface area is 179 Å². The monoisotopic (exact) mass is 488 g/mol. The van der Waals surface area contributed by atoms with E-state index in [0.29, 0.717) is 19.0 Å². The van der Waals surface area contributed by atoms with E-state index in [4.69, 9.17) is 4.74 Å². The minimum atomic E-state index is 0. The van der Waals surface area contributed by atoms with Gasteiger partial charge in [0.25, 0.3) is 0 Å². The van der Waals surface area contributed by atoms with Gasteiger partial charge in [-0.05, 0) is 51.2 Å². The molecule has 1 fully saturated rings. The van der Waals surface area contributed by atoms with Gasteiger partial charge in [-0.2, -0.15) is 0 Å². The summed E-state index contributed by atoms with van der Waals surface area (Å²) in [5, 5.41) is 9.60. The first-order chi connectivity index (χ1) is 12.6. The Hall–Kier alpha value is -1.51. The van der Waals surface area contributed by atoms with Crippen LogP contribution in [0.2, 0.25) is 0 Å². The van der Waals surface area contributed by atoms with Crippen LogP contribution in [0.1, 0.15) is 43.7 Å². The summed E-state index contributed by atoms with van der Waals surface area (Å²) in [6.07, 6.45) is 4.42. The lowest BCUT2D eigenvalue weighted by atomic mass is 10.1. The SMILES string of the molecule is CCNC(=NCCCC(=O)NC1CC1)NCCc1cc(C)ccc1OC.I. The summed E-state index contributed by atoms with van der Waals surface area (Å²) in [6.45, 7) is 6.35. The van der Waals surface area contributed by atoms with Gasteiger partial charge in [0.2, 0.25) is 5.91 Å². The number of halogens is 1. The topological polar surface area (TPSA) is 74.8 Å². The van der Waals surface area contributed by atoms with Crippen molar-refractivity contribution >= 4 is 35.8 Å². The molecule has 0 unspecified atom stereocenters. The second kappa shape index (κ2) is 12.8. The molecule has 0 aromatic heterocycles. The smallest absolute Gasteiger partial charge is 0.220 e. The second-order valence-electron chi connectivity index (χ2n) is 6.70. The minimum Gasteiger partial charge on any atom is -0.496 e. The molecule has 0 heterocycles. The van der Waals surface area contributed by atoms with Crippen molar-refractivity contribution < 1.29 is 9.53 Å². The van der Waals surface area contributed by atoms with E-state index >= 15 is 0 Å². The molecule has 1 aliphatic carbocycles. The number of ether oxygens (including phenoxy) is 1. The van der Waals surface area contributed by atoms with Gasteiger partial charge in [-0.15, -0.1) is 24.0 Å². The molecule has 2 rings (SSSR count). The molecule has 3 N–H and O–H groups in total. The molecule has 27 heavy (non-hydrogen) atoms. The quantitative estimate of drug-likeness (QED) is 0.205. The van der Waals surface area contributed by atoms with Crippen LogP contribution in [-0.2, 0) is 11.2 Å². The zero-order valence-electron chi connectivity index (χ0n) is 16.6. The third kappa shape index (κ3) is 9.30. The summed E-state index contributed by atoms with van der Waals surface area (Å²) in [6, 6.07) is 6.66. The Balaban J connectivity index is 0.00000364. The zero-order chi connectivity index (χ0) is 18.8. The third-order valence-electron chi connectivity index (χ3n) is 4.24. The van der Waals surface area contributed by atoms with Crippen LogP contribution in [0.3, 0.4) is 0 Å². The van der Waals surface area contributed by atoms with Gasteiger partial charge >= 0.3 is 0 Å². The van der Waals surface area contributed by atoms with Crippen molar-refractivity contribution in [1.29, 1.82) is 0 Å². The fourth-order valence-corrected chi connectivity index (χ4v) is 2.72. The number of benzene rings is 1. The first-order valence-electron chi connectivity index (χ1n) is 9.57. The molecule has 152 valence electrons. The Kier molecular flexibility index (Phi) is 11.2. The fraction of sp³-hybridized carbons (Fsp3) is 0.600. The molecular formula is C20H33IN4O2. The minimum absolute atomic E-state index is 0. The van der Waals surface area contributed by atoms with E-state index in [1.807, 2.05) is 13.0 Å². The van der Waals surface area contributed by atoms with E-state index in [9.17, 15) is 4.79 Å². The number of carbonyl (C=O) groups is 1. The second-order valence-corrected chi connectivity index (χ2v) is 6.70. The maximum absolute atomic E-state index is 11.7. The van der Waals surface area contributed by atoms with Gasteiger partial charge < -0.3 is 20.7 Å². The van der Waals surface area contributed by atoms with Gasteiger partial charge in [0.1, 0.15) is 5.75 Å². The zero-order valence-corrected chi connectivity index (χ0v) is 19.0. The number of guanidine groups is 1. The van der Waals surface area contributed by atoms with Crippen LogP contribution in [0.25, 0.3) is 0 Å². The number of amides is 1. The number of rotatable bonds is 10. The summed E-state index contributed by atoms with van der Waals surface area (Å²) in [7, 11) is 1.70. The first-order valence-corrected chi connectivity index (χ1v) is 9.57. The summed E-state index contributed by atoms with van der Waals surface area (Å²) >= 11 is 0. The highest BCUT2D eigenvalue weighted by Gasteiger charge is 2.22. The van der Waals surface area contributed by atoms with E-state index in [1.54, 1.807) is 7.11 Å². The maximum atomic E-state index is 11.7. The molecule has 0 radical (unpaired) electrons. The standard InChI is InChI=1S/C20H32N4O2.HI/c1-4-21-20(22-12-5-6-19(25)24-17-8-9-17)23-13-11-16-14-15(2)7-10-18(16)26-3;/h7,10,14,17H,4-6,8-9,11-13H2,1-3H3,(H,24,25)(H2,21,22,23);1H. The molecule has 7 heteroatoms. The molecule has 1 aromatic carbocycles. The van der Waals surface area contributed by atoms with Crippen LogP contribution in [0.4, 0.5) is 0 Å². The average Bonchev–Trinajstić information content (AvgIpc) is 3.42. The summed E-state index contributed by atoms with van der Waals surface area (Å²) in [5.41, 5.74) is 2.42. The Morgan fingerprint density at radius 3 is 2.74 bits per heavy atom. The number of nitrogens with zero attached hydrogens (tertiary/aromatic N) is 1. The number of carbonyl (C=O) groups excluding carboxylic acids is 1. The molecule has 0 spiro atoms. The Bertz CT molecular complexity index is 618. The van der Waals surface area contributed by atoms with E-state index in [1.165, 1.54) is 11.1 Å². The van der Waals surface area contributed by atoms with Crippen molar-refractivity contribution in [2.45, 2.75) is 52.0 Å². The van der Waals surface area contributed by atoms with Crippen LogP contribution in [0.15, 0.2) is 23.2 Å². The van der Waals surface area contributed by atoms with Gasteiger partial charge in [-0.1, -0.05) is 17.7 Å². The fourth-order valence-electron chi connectivity index (χ4n) is 2.72. The first kappa shape index (κ1) is 23.5. The van der Waals surface area contributed by atoms with Gasteiger partial charge in [0.15, 0.2) is 5.96 Å². The van der Waals surface area contributed by atoms with Crippen LogP contribution >= 0.6 is 24.0 Å². The van der Waals surface area contributed by atoms with Crippen molar-refractivity contribution in [3.8, 4) is 5.75 Å². The Morgan fingerprint density at radius 2 is 2.07 bits per heavy atom. The van der Waals surface area contributed by atoms with Crippen LogP contribution < -0.4 is 20.7 Å². The number of hydrogen-bond acceptors (Lipinski definition) is 3. The summed E-state index contributed by atoms with van der Waals surface area (Å²) in [5.74, 6) is 1.86. The number of methoxy groups -OCH3 is 1. The highest BCUT2D eigenvalue weighted by molar-refractivity contribution is 14.0. The maximum Gasteiger partial charge on any atom is 0.220 e. The normalized spacial score (nSPS) is 13.5. The molecule has 0 bridgehead atoms. The molecule has 1 saturated carbocycles. The number of hydrogen-bond donors (Lipinski definition) is 3. The van der Waals surface area contributed by atoms with Crippen molar-refractivity contribution in [1.82, 2.24) is 16.0 Å². The molecule has 0 atom stereocenters. The number of nitrogens with one attached hydrogen (secondary N) is 3. The van der Waals surface area contributed by atoms with Crippen LogP contribution in [0.5, 0.6) is 5.75 Å². The Morgan fingerprint density at radius 1 is 1.30 bits per heavy atom. The summed E-state index contributed by atoms with van der Waals surface area (Å²) < 4.78 is 5.43. The van der Waals surface area contributed by atoms with Crippen LogP contribution in [-0.4, -0.2) is 44.7 Å². The summed E-state index contributed by atoms with van der Waals surface area (Å²) in [4.78, 5) is 16.2. The lowest BCUT2D eigenvalue weighted by Gasteiger charge is -2.13. The molecule has 1 aliphatic rings. The van der Waals surface area contributed by atoms with E-state index in [-0.39, 0.29) is 29.9 Å². The molecule has 1 amide bonds. The molecule has 1 aromatic rings. The lowest BCUT2D eigenvalue weighted by Crippen LogP contribution is -2.38. The molecular weight excluding hydrogens is 455 g/mol. The number of aliphatic imine (C=N–C) groups is 1. The molecule has 6 nitrogen and oxygen atoms in total. The van der Waals surface area contributed by atoms with E-state index in [0.717, 1.165) is 50.5 Å². The van der Waals surface area contributed by atoms with E-state index < -0.39 is 0 Å². The van der Waals surface area contributed by atoms with Gasteiger partial charge in [-0.25, -0.2) is 0 Å². The van der Waals surface area contributed by atoms with Crippen molar-refractivity contribution in [3.05, 3.63) is 29.3 Å². The third-order valence-corrected chi connectivity index (χ3v) is 4.24. The van der Waals surface area contributed by atoms with Crippen LogP contribution in [0, 0.1) is 6.92 Å². The predicted octanol–water partition coefficient (Wildman–Crippen LogP) is 2.78. The van der Waals surface area contributed by atoms with Crippen molar-refractivity contribution in [3.63, 3.8) is 0 Å². The van der Waals surface area contributed by atoms with Crippen molar-refractivity contribution in [2.75, 3.05) is 26.7 Å². The highest BCUT2D eigenvalue weighted by atomic mass is 127. The average molecular weight is 488 g/mol. The van der Waals surface area contributed by atoms with E-state index in [2.05, 4.69) is 40.0 Å². The van der Waals surface area contributed by atoms with Crippen molar-refractivity contribution in [2.24, 2.45) is 4.99 Å². The van der Waals surface area contributed by atoms with Gasteiger partial charge in [0, 0.05) is 32.1 Å². The largest absolute Gasteiger partial charge is 0.496 e. The number of aryl methyl sites for hydroxylation is 1. The molecule has 0 saturated heterocycles. The lowest BCUT2D eigenvalue weighted by molar-refractivity contribution is -0.121. The molecule has 0 aliphatic heterocycles. The highest BCUT2D eigenvalue weighted by Crippen LogP contribution is 2.20. The van der Waals surface area contributed by atoms with Gasteiger partial charge in [-0.3, -0.25) is 9.79 Å². The predicted molar refractivity (Wildman–Crippen MR) is 121 cm³/mol. The van der Waals surface area contributed by atoms with Gasteiger partial charge in [0.05, 0.1) is 7.11 Å².